The second-order valence-electron chi connectivity index (χ2n) is 2.56. The quantitative estimate of drug-likeness (QED) is 0.659. The lowest BCUT2D eigenvalue weighted by Crippen LogP contribution is -1.94. The second-order valence-corrected chi connectivity index (χ2v) is 2.94. The number of halogens is 2. The summed E-state index contributed by atoms with van der Waals surface area (Å²) in [5.41, 5.74) is 0.934. The smallest absolute Gasteiger partial charge is 0.335 e. The van der Waals surface area contributed by atoms with E-state index in [-0.39, 0.29) is 18.0 Å². The standard InChI is InChI=1S/C10H7ClO3.ClH/c11-9(12)6-3-7-1-4-8(5-2-7)10(13)14;/h1-6H,(H,13,14);1H/b6-3+;. The van der Waals surface area contributed by atoms with Crippen molar-refractivity contribution in [3.05, 3.63) is 41.5 Å². The monoisotopic (exact) mass is 246 g/mol. The van der Waals surface area contributed by atoms with Gasteiger partial charge in [-0.15, -0.1) is 12.4 Å². The molecule has 1 rings (SSSR count). The van der Waals surface area contributed by atoms with Crippen molar-refractivity contribution in [3.8, 4) is 0 Å². The minimum atomic E-state index is -0.978. The summed E-state index contributed by atoms with van der Waals surface area (Å²) in [6.07, 6.45) is 2.72. The zero-order valence-electron chi connectivity index (χ0n) is 7.51. The lowest BCUT2D eigenvalue weighted by Gasteiger charge is -1.94. The summed E-state index contributed by atoms with van der Waals surface area (Å²) in [7, 11) is 0. The molecule has 1 aromatic carbocycles. The summed E-state index contributed by atoms with van der Waals surface area (Å²) >= 11 is 5.09. The maximum Gasteiger partial charge on any atom is 0.335 e. The minimum Gasteiger partial charge on any atom is -0.478 e. The fourth-order valence-electron chi connectivity index (χ4n) is 0.899. The van der Waals surface area contributed by atoms with E-state index in [2.05, 4.69) is 0 Å². The van der Waals surface area contributed by atoms with Crippen molar-refractivity contribution in [2.75, 3.05) is 0 Å². The summed E-state index contributed by atoms with van der Waals surface area (Å²) in [4.78, 5) is 20.9. The number of allylic oxidation sites excluding steroid dienone is 1. The number of benzene rings is 1. The molecule has 5 heteroatoms. The molecular formula is C10H8Cl2O3. The highest BCUT2D eigenvalue weighted by Gasteiger charge is 1.99. The van der Waals surface area contributed by atoms with Crippen LogP contribution in [-0.2, 0) is 4.79 Å². The normalized spacial score (nSPS) is 9.67. The average Bonchev–Trinajstić information content (AvgIpc) is 2.15. The lowest BCUT2D eigenvalue weighted by molar-refractivity contribution is -0.107. The van der Waals surface area contributed by atoms with E-state index >= 15 is 0 Å². The van der Waals surface area contributed by atoms with Crippen LogP contribution in [0, 0.1) is 0 Å². The third-order valence-electron chi connectivity index (χ3n) is 1.56. The zero-order valence-corrected chi connectivity index (χ0v) is 9.09. The molecule has 0 fully saturated rings. The first-order valence-corrected chi connectivity index (χ1v) is 4.18. The van der Waals surface area contributed by atoms with Crippen LogP contribution in [0.25, 0.3) is 6.08 Å². The van der Waals surface area contributed by atoms with E-state index < -0.39 is 11.2 Å². The van der Waals surface area contributed by atoms with Gasteiger partial charge in [-0.1, -0.05) is 18.2 Å². The Hall–Kier alpha value is -1.32. The molecule has 3 nitrogen and oxygen atoms in total. The van der Waals surface area contributed by atoms with Crippen LogP contribution in [-0.4, -0.2) is 16.3 Å². The summed E-state index contributed by atoms with van der Waals surface area (Å²) in [6.45, 7) is 0. The van der Waals surface area contributed by atoms with E-state index in [4.69, 9.17) is 16.7 Å². The first-order valence-electron chi connectivity index (χ1n) is 3.80. The number of hydrogen-bond donors (Lipinski definition) is 1. The van der Waals surface area contributed by atoms with Gasteiger partial charge in [-0.2, -0.15) is 0 Å². The van der Waals surface area contributed by atoms with Gasteiger partial charge >= 0.3 is 5.97 Å². The minimum absolute atomic E-state index is 0. The lowest BCUT2D eigenvalue weighted by atomic mass is 10.1. The summed E-state index contributed by atoms with van der Waals surface area (Å²) in [5.74, 6) is -0.978. The van der Waals surface area contributed by atoms with Gasteiger partial charge in [0.2, 0.25) is 5.24 Å². The summed E-state index contributed by atoms with van der Waals surface area (Å²) in [5, 5.41) is 8.04. The van der Waals surface area contributed by atoms with Gasteiger partial charge in [0.25, 0.3) is 0 Å². The van der Waals surface area contributed by atoms with Gasteiger partial charge in [0, 0.05) is 0 Å². The first kappa shape index (κ1) is 13.7. The van der Waals surface area contributed by atoms with Crippen LogP contribution in [0.15, 0.2) is 30.3 Å². The van der Waals surface area contributed by atoms with E-state index in [0.29, 0.717) is 0 Å². The fraction of sp³-hybridized carbons (Fsp3) is 0. The van der Waals surface area contributed by atoms with Gasteiger partial charge in [0.1, 0.15) is 0 Å². The number of carboxylic acid groups (broad SMARTS) is 1. The molecule has 0 heterocycles. The van der Waals surface area contributed by atoms with Gasteiger partial charge in [-0.3, -0.25) is 4.79 Å². The van der Waals surface area contributed by atoms with Gasteiger partial charge < -0.3 is 5.11 Å². The molecule has 1 aromatic rings. The molecule has 0 unspecified atom stereocenters. The third kappa shape index (κ3) is 4.63. The molecule has 0 saturated carbocycles. The predicted octanol–water partition coefficient (Wildman–Crippen LogP) is 2.59. The molecular weight excluding hydrogens is 239 g/mol. The van der Waals surface area contributed by atoms with E-state index in [9.17, 15) is 9.59 Å². The largest absolute Gasteiger partial charge is 0.478 e. The molecule has 0 amide bonds. The Kier molecular flexibility index (Phi) is 5.67. The van der Waals surface area contributed by atoms with E-state index in [1.165, 1.54) is 24.3 Å². The Morgan fingerprint density at radius 2 is 1.73 bits per heavy atom. The van der Waals surface area contributed by atoms with Crippen molar-refractivity contribution in [2.24, 2.45) is 0 Å². The van der Waals surface area contributed by atoms with Gasteiger partial charge in [0.05, 0.1) is 5.56 Å². The number of carboxylic acids is 1. The van der Waals surface area contributed by atoms with E-state index in [1.54, 1.807) is 12.1 Å². The van der Waals surface area contributed by atoms with Crippen LogP contribution < -0.4 is 0 Å². The van der Waals surface area contributed by atoms with Crippen LogP contribution in [0.1, 0.15) is 15.9 Å². The SMILES string of the molecule is Cl.O=C(Cl)/C=C/c1ccc(C(=O)O)cc1. The molecule has 80 valence electrons. The summed E-state index contributed by atoms with van der Waals surface area (Å²) < 4.78 is 0. The maximum absolute atomic E-state index is 10.5. The Labute approximate surface area is 97.8 Å². The number of carbonyl (C=O) groups is 2. The molecule has 0 spiro atoms. The topological polar surface area (TPSA) is 54.4 Å². The van der Waals surface area contributed by atoms with Crippen molar-refractivity contribution in [2.45, 2.75) is 0 Å². The Morgan fingerprint density at radius 3 is 2.13 bits per heavy atom. The molecule has 0 bridgehead atoms. The van der Waals surface area contributed by atoms with Crippen molar-refractivity contribution < 1.29 is 14.7 Å². The van der Waals surface area contributed by atoms with Crippen LogP contribution in [0.5, 0.6) is 0 Å². The number of rotatable bonds is 3. The molecule has 0 aliphatic rings. The molecule has 15 heavy (non-hydrogen) atoms. The number of aromatic carboxylic acids is 1. The third-order valence-corrected chi connectivity index (χ3v) is 1.69. The van der Waals surface area contributed by atoms with Gasteiger partial charge in [0.15, 0.2) is 0 Å². The highest BCUT2D eigenvalue weighted by Crippen LogP contribution is 2.06. The van der Waals surface area contributed by atoms with E-state index in [0.717, 1.165) is 5.56 Å². The van der Waals surface area contributed by atoms with Crippen LogP contribution >= 0.6 is 24.0 Å². The molecule has 0 aliphatic carbocycles. The molecule has 0 atom stereocenters. The first-order chi connectivity index (χ1) is 6.59. The number of carbonyl (C=O) groups excluding carboxylic acids is 1. The molecule has 1 N–H and O–H groups in total. The highest BCUT2D eigenvalue weighted by atomic mass is 35.5. The summed E-state index contributed by atoms with van der Waals surface area (Å²) in [6, 6.07) is 6.11. The predicted molar refractivity (Wildman–Crippen MR) is 60.5 cm³/mol. The molecule has 0 aromatic heterocycles. The molecule has 0 aliphatic heterocycles. The van der Waals surface area contributed by atoms with Crippen molar-refractivity contribution in [3.63, 3.8) is 0 Å². The van der Waals surface area contributed by atoms with Crippen molar-refractivity contribution in [1.29, 1.82) is 0 Å². The average molecular weight is 247 g/mol. The van der Waals surface area contributed by atoms with Crippen LogP contribution in [0.2, 0.25) is 0 Å². The Balaban J connectivity index is 0.00000196. The number of hydrogen-bond acceptors (Lipinski definition) is 2. The second kappa shape index (κ2) is 6.22. The van der Waals surface area contributed by atoms with E-state index in [1.807, 2.05) is 0 Å². The highest BCUT2D eigenvalue weighted by molar-refractivity contribution is 6.66. The maximum atomic E-state index is 10.5. The van der Waals surface area contributed by atoms with Crippen molar-refractivity contribution in [1.82, 2.24) is 0 Å². The van der Waals surface area contributed by atoms with Crippen molar-refractivity contribution >= 4 is 41.3 Å². The van der Waals surface area contributed by atoms with Crippen LogP contribution in [0.4, 0.5) is 0 Å². The zero-order chi connectivity index (χ0) is 10.6. The fourth-order valence-corrected chi connectivity index (χ4v) is 0.962. The Morgan fingerprint density at radius 1 is 1.20 bits per heavy atom. The van der Waals surface area contributed by atoms with Crippen LogP contribution in [0.3, 0.4) is 0 Å². The Bertz CT molecular complexity index is 382. The molecule has 0 radical (unpaired) electrons. The molecule has 0 saturated heterocycles. The van der Waals surface area contributed by atoms with Gasteiger partial charge in [-0.05, 0) is 35.4 Å². The van der Waals surface area contributed by atoms with Gasteiger partial charge in [-0.25, -0.2) is 4.79 Å².